The van der Waals surface area contributed by atoms with E-state index in [4.69, 9.17) is 27.9 Å². The van der Waals surface area contributed by atoms with E-state index >= 15 is 0 Å². The van der Waals surface area contributed by atoms with Gasteiger partial charge >= 0.3 is 0 Å². The average Bonchev–Trinajstić information content (AvgIpc) is 2.26. The SMILES string of the molecule is C=C(Cl)CNS(=O)(=O)c1ccc(OC)c(Cl)c1. The first-order valence-electron chi connectivity index (χ1n) is 4.53. The Hall–Kier alpha value is -0.750. The summed E-state index contributed by atoms with van der Waals surface area (Å²) in [4.78, 5) is 0.0428. The number of rotatable bonds is 5. The molecule has 0 aliphatic rings. The van der Waals surface area contributed by atoms with Crippen molar-refractivity contribution < 1.29 is 13.2 Å². The lowest BCUT2D eigenvalue weighted by atomic mass is 10.3. The van der Waals surface area contributed by atoms with Crippen LogP contribution in [0.4, 0.5) is 0 Å². The standard InChI is InChI=1S/C10H11Cl2NO3S/c1-7(11)6-13-17(14,15)8-3-4-10(16-2)9(12)5-8/h3-5,13H,1,6H2,2H3. The molecule has 0 fully saturated rings. The van der Waals surface area contributed by atoms with Gasteiger partial charge in [-0.15, -0.1) is 0 Å². The Labute approximate surface area is 110 Å². The minimum absolute atomic E-state index is 0.0342. The average molecular weight is 296 g/mol. The van der Waals surface area contributed by atoms with Crippen molar-refractivity contribution in [3.8, 4) is 5.75 Å². The first kappa shape index (κ1) is 14.3. The predicted octanol–water partition coefficient (Wildman–Crippen LogP) is 2.38. The number of halogens is 2. The number of hydrogen-bond donors (Lipinski definition) is 1. The fraction of sp³-hybridized carbons (Fsp3) is 0.200. The molecule has 7 heteroatoms. The van der Waals surface area contributed by atoms with Gasteiger partial charge in [0.2, 0.25) is 10.0 Å². The van der Waals surface area contributed by atoms with E-state index < -0.39 is 10.0 Å². The first-order chi connectivity index (χ1) is 7.86. The second kappa shape index (κ2) is 5.73. The molecule has 0 atom stereocenters. The third kappa shape index (κ3) is 3.89. The topological polar surface area (TPSA) is 55.4 Å². The van der Waals surface area contributed by atoms with Crippen LogP contribution in [0, 0.1) is 0 Å². The molecule has 1 aromatic rings. The molecular weight excluding hydrogens is 285 g/mol. The third-order valence-electron chi connectivity index (χ3n) is 1.89. The van der Waals surface area contributed by atoms with Crippen LogP contribution >= 0.6 is 23.2 Å². The van der Waals surface area contributed by atoms with Crippen LogP contribution in [0.5, 0.6) is 5.75 Å². The Balaban J connectivity index is 2.99. The zero-order valence-electron chi connectivity index (χ0n) is 9.04. The van der Waals surface area contributed by atoms with E-state index in [1.165, 1.54) is 25.3 Å². The molecule has 0 spiro atoms. The van der Waals surface area contributed by atoms with E-state index in [1.807, 2.05) is 0 Å². The predicted molar refractivity (Wildman–Crippen MR) is 68.2 cm³/mol. The zero-order valence-corrected chi connectivity index (χ0v) is 11.4. The van der Waals surface area contributed by atoms with Crippen molar-refractivity contribution in [3.05, 3.63) is 34.8 Å². The molecule has 17 heavy (non-hydrogen) atoms. The summed E-state index contributed by atoms with van der Waals surface area (Å²) >= 11 is 11.3. The minimum Gasteiger partial charge on any atom is -0.495 e. The van der Waals surface area contributed by atoms with Gasteiger partial charge in [-0.05, 0) is 18.2 Å². The highest BCUT2D eigenvalue weighted by Gasteiger charge is 2.15. The molecule has 0 aromatic heterocycles. The maximum absolute atomic E-state index is 11.8. The van der Waals surface area contributed by atoms with Crippen LogP contribution in [0.15, 0.2) is 34.7 Å². The summed E-state index contributed by atoms with van der Waals surface area (Å²) in [5.41, 5.74) is 0. The summed E-state index contributed by atoms with van der Waals surface area (Å²) in [6, 6.07) is 4.18. The van der Waals surface area contributed by atoms with Crippen molar-refractivity contribution in [2.45, 2.75) is 4.90 Å². The molecule has 0 saturated carbocycles. The van der Waals surface area contributed by atoms with E-state index in [9.17, 15) is 8.42 Å². The molecule has 0 aliphatic heterocycles. The van der Waals surface area contributed by atoms with E-state index in [1.54, 1.807) is 0 Å². The van der Waals surface area contributed by atoms with Crippen LogP contribution in [-0.4, -0.2) is 22.1 Å². The summed E-state index contributed by atoms with van der Waals surface area (Å²) in [6.07, 6.45) is 0. The normalized spacial score (nSPS) is 11.2. The largest absolute Gasteiger partial charge is 0.495 e. The number of hydrogen-bond acceptors (Lipinski definition) is 3. The van der Waals surface area contributed by atoms with Gasteiger partial charge in [-0.3, -0.25) is 0 Å². The molecule has 0 amide bonds. The fourth-order valence-corrected chi connectivity index (χ4v) is 2.59. The van der Waals surface area contributed by atoms with Crippen LogP contribution in [0.1, 0.15) is 0 Å². The first-order valence-corrected chi connectivity index (χ1v) is 6.77. The van der Waals surface area contributed by atoms with Gasteiger partial charge in [0.05, 0.1) is 17.0 Å². The smallest absolute Gasteiger partial charge is 0.240 e. The molecule has 0 aliphatic carbocycles. The number of benzene rings is 1. The monoisotopic (exact) mass is 295 g/mol. The van der Waals surface area contributed by atoms with E-state index in [0.29, 0.717) is 5.75 Å². The van der Waals surface area contributed by atoms with Crippen molar-refractivity contribution in [3.63, 3.8) is 0 Å². The Morgan fingerprint density at radius 3 is 2.65 bits per heavy atom. The van der Waals surface area contributed by atoms with E-state index in [2.05, 4.69) is 11.3 Å². The molecular formula is C10H11Cl2NO3S. The Morgan fingerprint density at radius 1 is 1.53 bits per heavy atom. The number of nitrogens with one attached hydrogen (secondary N) is 1. The summed E-state index contributed by atoms with van der Waals surface area (Å²) in [6.45, 7) is 3.36. The number of methoxy groups -OCH3 is 1. The van der Waals surface area contributed by atoms with Crippen molar-refractivity contribution in [1.82, 2.24) is 4.72 Å². The molecule has 0 saturated heterocycles. The second-order valence-electron chi connectivity index (χ2n) is 3.14. The van der Waals surface area contributed by atoms with Gasteiger partial charge in [-0.1, -0.05) is 29.8 Å². The molecule has 1 aromatic carbocycles. The highest BCUT2D eigenvalue weighted by atomic mass is 35.5. The maximum Gasteiger partial charge on any atom is 0.240 e. The van der Waals surface area contributed by atoms with E-state index in [-0.39, 0.29) is 21.5 Å². The molecule has 0 unspecified atom stereocenters. The Bertz CT molecular complexity index is 528. The summed E-state index contributed by atoms with van der Waals surface area (Å²) in [5, 5.41) is 0.424. The van der Waals surface area contributed by atoms with Gasteiger partial charge in [-0.25, -0.2) is 13.1 Å². The lowest BCUT2D eigenvalue weighted by molar-refractivity contribution is 0.414. The van der Waals surface area contributed by atoms with Gasteiger partial charge in [-0.2, -0.15) is 0 Å². The summed E-state index contributed by atoms with van der Waals surface area (Å²) in [5.74, 6) is 0.410. The van der Waals surface area contributed by atoms with Crippen molar-refractivity contribution in [1.29, 1.82) is 0 Å². The fourth-order valence-electron chi connectivity index (χ4n) is 1.07. The van der Waals surface area contributed by atoms with E-state index in [0.717, 1.165) is 0 Å². The quantitative estimate of drug-likeness (QED) is 0.907. The van der Waals surface area contributed by atoms with Gasteiger partial charge in [0.15, 0.2) is 0 Å². The lowest BCUT2D eigenvalue weighted by Gasteiger charge is -2.08. The highest BCUT2D eigenvalue weighted by molar-refractivity contribution is 7.89. The molecule has 1 N–H and O–H groups in total. The summed E-state index contributed by atoms with van der Waals surface area (Å²) < 4.78 is 30.8. The highest BCUT2D eigenvalue weighted by Crippen LogP contribution is 2.26. The molecule has 4 nitrogen and oxygen atoms in total. The molecule has 1 rings (SSSR count). The number of sulfonamides is 1. The molecule has 94 valence electrons. The van der Waals surface area contributed by atoms with Gasteiger partial charge in [0.1, 0.15) is 5.75 Å². The molecule has 0 radical (unpaired) electrons. The van der Waals surface area contributed by atoms with Crippen LogP contribution in [0.25, 0.3) is 0 Å². The van der Waals surface area contributed by atoms with Gasteiger partial charge in [0.25, 0.3) is 0 Å². The minimum atomic E-state index is -3.64. The van der Waals surface area contributed by atoms with Crippen molar-refractivity contribution >= 4 is 33.2 Å². The van der Waals surface area contributed by atoms with Crippen molar-refractivity contribution in [2.75, 3.05) is 13.7 Å². The Morgan fingerprint density at radius 2 is 2.18 bits per heavy atom. The van der Waals surface area contributed by atoms with Crippen LogP contribution in [0.3, 0.4) is 0 Å². The summed E-state index contributed by atoms with van der Waals surface area (Å²) in [7, 11) is -2.19. The zero-order chi connectivity index (χ0) is 13.1. The number of ether oxygens (including phenoxy) is 1. The maximum atomic E-state index is 11.8. The van der Waals surface area contributed by atoms with Gasteiger partial charge < -0.3 is 4.74 Å². The van der Waals surface area contributed by atoms with Crippen molar-refractivity contribution in [2.24, 2.45) is 0 Å². The third-order valence-corrected chi connectivity index (χ3v) is 3.72. The second-order valence-corrected chi connectivity index (χ2v) is 5.85. The van der Waals surface area contributed by atoms with Crippen LogP contribution in [0.2, 0.25) is 5.02 Å². The molecule has 0 bridgehead atoms. The van der Waals surface area contributed by atoms with Gasteiger partial charge in [0, 0.05) is 11.6 Å². The lowest BCUT2D eigenvalue weighted by Crippen LogP contribution is -2.24. The van der Waals surface area contributed by atoms with Crippen LogP contribution < -0.4 is 9.46 Å². The van der Waals surface area contributed by atoms with Crippen LogP contribution in [-0.2, 0) is 10.0 Å². The molecule has 0 heterocycles. The Kier molecular flexibility index (Phi) is 4.82.